The van der Waals surface area contributed by atoms with Crippen LogP contribution in [-0.2, 0) is 26.4 Å². The number of aliphatic hydroxyl groups excluding tert-OH is 1. The van der Waals surface area contributed by atoms with Gasteiger partial charge in [-0.2, -0.15) is 5.10 Å². The first-order valence-electron chi connectivity index (χ1n) is 7.83. The zero-order chi connectivity index (χ0) is 16.7. The fourth-order valence-corrected chi connectivity index (χ4v) is 2.44. The second kappa shape index (κ2) is 8.33. The van der Waals surface area contributed by atoms with Crippen LogP contribution >= 0.6 is 0 Å². The Balaban J connectivity index is 1.72. The molecule has 1 aromatic heterocycles. The standard InChI is InChI=1S/C17H24N4O2/c1-3-16-14(12-21(2)20-16)10-18-17(23)19-11-15(22)9-13-7-5-4-6-8-13/h4-8,12,15,22H,3,9-11H2,1-2H3,(H2,18,19,23). The van der Waals surface area contributed by atoms with Crippen LogP contribution in [0.1, 0.15) is 23.7 Å². The molecular weight excluding hydrogens is 292 g/mol. The van der Waals surface area contributed by atoms with Crippen LogP contribution in [0.15, 0.2) is 36.5 Å². The number of amides is 2. The molecule has 1 unspecified atom stereocenters. The van der Waals surface area contributed by atoms with E-state index in [0.29, 0.717) is 13.0 Å². The van der Waals surface area contributed by atoms with E-state index in [9.17, 15) is 9.90 Å². The Morgan fingerprint density at radius 2 is 2.04 bits per heavy atom. The summed E-state index contributed by atoms with van der Waals surface area (Å²) in [5.41, 5.74) is 3.04. The second-order valence-corrected chi connectivity index (χ2v) is 5.54. The highest BCUT2D eigenvalue weighted by Crippen LogP contribution is 2.06. The molecule has 0 radical (unpaired) electrons. The lowest BCUT2D eigenvalue weighted by Crippen LogP contribution is -2.40. The quantitative estimate of drug-likeness (QED) is 0.722. The molecule has 23 heavy (non-hydrogen) atoms. The maximum absolute atomic E-state index is 11.8. The third-order valence-electron chi connectivity index (χ3n) is 3.58. The van der Waals surface area contributed by atoms with Crippen LogP contribution in [0.4, 0.5) is 4.79 Å². The highest BCUT2D eigenvalue weighted by molar-refractivity contribution is 5.73. The summed E-state index contributed by atoms with van der Waals surface area (Å²) in [5.74, 6) is 0. The van der Waals surface area contributed by atoms with Gasteiger partial charge in [0.25, 0.3) is 0 Å². The van der Waals surface area contributed by atoms with Gasteiger partial charge in [0, 0.05) is 38.3 Å². The smallest absolute Gasteiger partial charge is 0.315 e. The van der Waals surface area contributed by atoms with Crippen LogP contribution < -0.4 is 10.6 Å². The molecule has 0 aliphatic rings. The van der Waals surface area contributed by atoms with E-state index in [0.717, 1.165) is 23.2 Å². The monoisotopic (exact) mass is 316 g/mol. The number of urea groups is 1. The SMILES string of the molecule is CCc1nn(C)cc1CNC(=O)NCC(O)Cc1ccccc1. The predicted molar refractivity (Wildman–Crippen MR) is 89.0 cm³/mol. The van der Waals surface area contributed by atoms with Gasteiger partial charge >= 0.3 is 6.03 Å². The molecule has 0 saturated carbocycles. The molecule has 0 saturated heterocycles. The molecule has 6 nitrogen and oxygen atoms in total. The molecule has 2 rings (SSSR count). The average molecular weight is 316 g/mol. The molecule has 1 atom stereocenters. The molecule has 1 aromatic carbocycles. The Bertz CT molecular complexity index is 625. The maximum atomic E-state index is 11.8. The second-order valence-electron chi connectivity index (χ2n) is 5.54. The molecule has 3 N–H and O–H groups in total. The minimum absolute atomic E-state index is 0.217. The van der Waals surface area contributed by atoms with Gasteiger partial charge < -0.3 is 15.7 Å². The van der Waals surface area contributed by atoms with Gasteiger partial charge in [0.1, 0.15) is 0 Å². The summed E-state index contributed by atoms with van der Waals surface area (Å²) in [6, 6.07) is 9.42. The highest BCUT2D eigenvalue weighted by Gasteiger charge is 2.10. The number of carbonyl (C=O) groups excluding carboxylic acids is 1. The van der Waals surface area contributed by atoms with E-state index in [1.807, 2.05) is 50.5 Å². The third-order valence-corrected chi connectivity index (χ3v) is 3.58. The molecule has 1 heterocycles. The Kier molecular flexibility index (Phi) is 6.17. The average Bonchev–Trinajstić information content (AvgIpc) is 2.92. The molecule has 6 heteroatoms. The lowest BCUT2D eigenvalue weighted by atomic mass is 10.1. The number of nitrogens with zero attached hydrogens (tertiary/aromatic N) is 2. The van der Waals surface area contributed by atoms with E-state index in [-0.39, 0.29) is 12.6 Å². The fourth-order valence-electron chi connectivity index (χ4n) is 2.44. The third kappa shape index (κ3) is 5.41. The number of carbonyl (C=O) groups is 1. The first-order valence-corrected chi connectivity index (χ1v) is 7.83. The summed E-state index contributed by atoms with van der Waals surface area (Å²) in [6.07, 6.45) is 2.65. The number of hydrogen-bond donors (Lipinski definition) is 3. The lowest BCUT2D eigenvalue weighted by molar-refractivity contribution is 0.170. The number of aryl methyl sites for hydroxylation is 2. The van der Waals surface area contributed by atoms with Crippen LogP contribution in [0, 0.1) is 0 Å². The molecule has 0 aliphatic carbocycles. The Hall–Kier alpha value is -2.34. The van der Waals surface area contributed by atoms with Crippen molar-refractivity contribution in [2.45, 2.75) is 32.4 Å². The fraction of sp³-hybridized carbons (Fsp3) is 0.412. The summed E-state index contributed by atoms with van der Waals surface area (Å²) in [5, 5.41) is 19.8. The van der Waals surface area contributed by atoms with Gasteiger partial charge in [0.05, 0.1) is 11.8 Å². The summed E-state index contributed by atoms with van der Waals surface area (Å²) < 4.78 is 1.75. The van der Waals surface area contributed by atoms with Crippen molar-refractivity contribution < 1.29 is 9.90 Å². The van der Waals surface area contributed by atoms with Crippen molar-refractivity contribution in [2.75, 3.05) is 6.54 Å². The zero-order valence-electron chi connectivity index (χ0n) is 13.6. The van der Waals surface area contributed by atoms with Crippen LogP contribution in [0.25, 0.3) is 0 Å². The summed E-state index contributed by atoms with van der Waals surface area (Å²) in [4.78, 5) is 11.8. The number of nitrogens with one attached hydrogen (secondary N) is 2. The van der Waals surface area contributed by atoms with Gasteiger partial charge in [-0.25, -0.2) is 4.79 Å². The van der Waals surface area contributed by atoms with Crippen LogP contribution in [-0.4, -0.2) is 33.6 Å². The maximum Gasteiger partial charge on any atom is 0.315 e. The number of aliphatic hydroxyl groups is 1. The van der Waals surface area contributed by atoms with Gasteiger partial charge in [-0.05, 0) is 12.0 Å². The molecule has 2 amide bonds. The van der Waals surface area contributed by atoms with E-state index in [1.54, 1.807) is 4.68 Å². The Morgan fingerprint density at radius 1 is 1.30 bits per heavy atom. The van der Waals surface area contributed by atoms with E-state index >= 15 is 0 Å². The zero-order valence-corrected chi connectivity index (χ0v) is 13.6. The van der Waals surface area contributed by atoms with Crippen LogP contribution in [0.2, 0.25) is 0 Å². The molecule has 0 aliphatic heterocycles. The summed E-state index contributed by atoms with van der Waals surface area (Å²) >= 11 is 0. The van der Waals surface area contributed by atoms with Gasteiger partial charge in [-0.15, -0.1) is 0 Å². The molecule has 0 bridgehead atoms. The van der Waals surface area contributed by atoms with E-state index in [2.05, 4.69) is 15.7 Å². The highest BCUT2D eigenvalue weighted by atomic mass is 16.3. The minimum atomic E-state index is -0.604. The van der Waals surface area contributed by atoms with Crippen molar-refractivity contribution in [2.24, 2.45) is 7.05 Å². The van der Waals surface area contributed by atoms with Crippen molar-refractivity contribution in [1.29, 1.82) is 0 Å². The number of hydrogen-bond acceptors (Lipinski definition) is 3. The lowest BCUT2D eigenvalue weighted by Gasteiger charge is -2.12. The van der Waals surface area contributed by atoms with Gasteiger partial charge in [0.2, 0.25) is 0 Å². The van der Waals surface area contributed by atoms with Crippen molar-refractivity contribution >= 4 is 6.03 Å². The Morgan fingerprint density at radius 3 is 2.74 bits per heavy atom. The van der Waals surface area contributed by atoms with Crippen molar-refractivity contribution in [3.8, 4) is 0 Å². The Labute approximate surface area is 136 Å². The summed E-state index contributed by atoms with van der Waals surface area (Å²) in [7, 11) is 1.86. The first kappa shape index (κ1) is 17.0. The topological polar surface area (TPSA) is 79.2 Å². The largest absolute Gasteiger partial charge is 0.391 e. The van der Waals surface area contributed by atoms with Crippen LogP contribution in [0.3, 0.4) is 0 Å². The molecule has 124 valence electrons. The predicted octanol–water partition coefficient (Wildman–Crippen LogP) is 1.39. The number of rotatable bonds is 7. The van der Waals surface area contributed by atoms with Crippen molar-refractivity contribution in [3.05, 3.63) is 53.3 Å². The molecule has 0 fully saturated rings. The molecule has 0 spiro atoms. The van der Waals surface area contributed by atoms with Crippen molar-refractivity contribution in [3.63, 3.8) is 0 Å². The molecule has 2 aromatic rings. The summed E-state index contributed by atoms with van der Waals surface area (Å²) in [6.45, 7) is 2.68. The van der Waals surface area contributed by atoms with Gasteiger partial charge in [0.15, 0.2) is 0 Å². The minimum Gasteiger partial charge on any atom is -0.391 e. The van der Waals surface area contributed by atoms with Gasteiger partial charge in [-0.1, -0.05) is 37.3 Å². The van der Waals surface area contributed by atoms with Crippen LogP contribution in [0.5, 0.6) is 0 Å². The first-order chi connectivity index (χ1) is 11.1. The van der Waals surface area contributed by atoms with E-state index in [4.69, 9.17) is 0 Å². The van der Waals surface area contributed by atoms with E-state index in [1.165, 1.54) is 0 Å². The number of aromatic nitrogens is 2. The van der Waals surface area contributed by atoms with E-state index < -0.39 is 6.10 Å². The molecular formula is C17H24N4O2. The number of benzene rings is 1. The van der Waals surface area contributed by atoms with Gasteiger partial charge in [-0.3, -0.25) is 4.68 Å². The van der Waals surface area contributed by atoms with Crippen molar-refractivity contribution in [1.82, 2.24) is 20.4 Å². The normalized spacial score (nSPS) is 12.0.